The number of rotatable bonds is 7. The van der Waals surface area contributed by atoms with E-state index in [2.05, 4.69) is 49.3 Å². The molecule has 7 aliphatic rings. The lowest BCUT2D eigenvalue weighted by Crippen LogP contribution is -2.54. The highest BCUT2D eigenvalue weighted by Crippen LogP contribution is 2.83. The number of hydrogen-bond donors (Lipinski definition) is 3. The second kappa shape index (κ2) is 11.9. The lowest BCUT2D eigenvalue weighted by Gasteiger charge is -2.49. The first-order valence-electron chi connectivity index (χ1n) is 19.3. The van der Waals surface area contributed by atoms with E-state index in [9.17, 15) is 14.7 Å². The molecule has 3 N–H and O–H groups in total. The third-order valence-corrected chi connectivity index (χ3v) is 15.4. The van der Waals surface area contributed by atoms with Crippen LogP contribution in [0.2, 0.25) is 0 Å². The molecule has 2 spiro atoms. The molecule has 1 aromatic rings. The second-order valence-corrected chi connectivity index (χ2v) is 18.1. The molecular weight excluding hydrogens is 598 g/mol. The van der Waals surface area contributed by atoms with Gasteiger partial charge in [-0.2, -0.15) is 0 Å². The van der Waals surface area contributed by atoms with Crippen molar-refractivity contribution in [3.05, 3.63) is 47.5 Å². The van der Waals surface area contributed by atoms with Crippen LogP contribution < -0.4 is 10.6 Å². The topological polar surface area (TPSA) is 90.9 Å². The van der Waals surface area contributed by atoms with E-state index in [0.29, 0.717) is 35.3 Å². The van der Waals surface area contributed by atoms with Gasteiger partial charge in [0.1, 0.15) is 0 Å². The van der Waals surface area contributed by atoms with Crippen LogP contribution in [0.4, 0.5) is 0 Å². The van der Waals surface area contributed by atoms with Crippen molar-refractivity contribution >= 4 is 11.8 Å². The molecule has 4 saturated carbocycles. The van der Waals surface area contributed by atoms with Gasteiger partial charge in [-0.1, -0.05) is 69.7 Å². The number of piperidine rings is 1. The maximum absolute atomic E-state index is 12.7. The lowest BCUT2D eigenvalue weighted by atomic mass is 9.56. The smallest absolute Gasteiger partial charge is 0.239 e. The van der Waals surface area contributed by atoms with E-state index in [1.54, 1.807) is 5.57 Å². The standard InChI is InChI=1S/C41H59N3O4/c1-26-18-34-37(44(23-26)17-16-42-36(47)22-43-35(46)19-28-8-6-5-7-9-28)27(2)41(48-34)15-13-32-31-11-10-29-20-30(45)12-14-39(29,4)33(31)21-40(32)24-38(40,3)25-41/h5-10,26-27,30-34,37,45H,11-25H2,1-4H3,(H,42,47)(H,43,46)/t26-,27+,30-,31-,32-,33-,34+,37-,38?,39-,40?,41-/m0/s1. The predicted molar refractivity (Wildman–Crippen MR) is 187 cm³/mol. The van der Waals surface area contributed by atoms with Crippen LogP contribution >= 0.6 is 0 Å². The average Bonchev–Trinajstić information content (AvgIpc) is 3.36. The fourth-order valence-corrected chi connectivity index (χ4v) is 13.1. The second-order valence-electron chi connectivity index (χ2n) is 18.1. The average molecular weight is 658 g/mol. The molecule has 7 heteroatoms. The van der Waals surface area contributed by atoms with Crippen molar-refractivity contribution in [2.75, 3.05) is 26.2 Å². The van der Waals surface area contributed by atoms with Gasteiger partial charge in [-0.3, -0.25) is 14.5 Å². The number of aliphatic hydroxyl groups excluding tert-OH is 1. The van der Waals surface area contributed by atoms with Crippen LogP contribution in [0.5, 0.6) is 0 Å². The van der Waals surface area contributed by atoms with E-state index in [4.69, 9.17) is 4.74 Å². The van der Waals surface area contributed by atoms with Gasteiger partial charge < -0.3 is 20.5 Å². The largest absolute Gasteiger partial charge is 0.393 e. The Hall–Kier alpha value is -2.22. The first-order valence-corrected chi connectivity index (χ1v) is 19.3. The Morgan fingerprint density at radius 2 is 1.83 bits per heavy atom. The van der Waals surface area contributed by atoms with E-state index < -0.39 is 0 Å². The van der Waals surface area contributed by atoms with E-state index in [-0.39, 0.29) is 48.0 Å². The number of hydrogen-bond acceptors (Lipinski definition) is 5. The van der Waals surface area contributed by atoms with Crippen molar-refractivity contribution in [1.29, 1.82) is 0 Å². The maximum atomic E-state index is 12.7. The van der Waals surface area contributed by atoms with Crippen LogP contribution in [0.15, 0.2) is 42.0 Å². The Bertz CT molecular complexity index is 1450. The summed E-state index contributed by atoms with van der Waals surface area (Å²) in [6, 6.07) is 10.0. The van der Waals surface area contributed by atoms with Crippen molar-refractivity contribution < 1.29 is 19.4 Å². The molecule has 7 nitrogen and oxygen atoms in total. The van der Waals surface area contributed by atoms with Crippen molar-refractivity contribution in [1.82, 2.24) is 15.5 Å². The molecule has 0 radical (unpaired) electrons. The highest BCUT2D eigenvalue weighted by molar-refractivity contribution is 5.85. The SMILES string of the molecule is C[C@H]1C[C@H]2O[C@]3(CC[C@H]4[C@@H]5CC=C6C[C@@H](O)CC[C@]6(C)[C@H]5CC45CC5(C)C3)[C@H](C)[C@@H]2N(CCNC(=O)CNC(=O)Cc2ccccc2)C1. The maximum Gasteiger partial charge on any atom is 0.239 e. The van der Waals surface area contributed by atoms with Crippen molar-refractivity contribution in [3.8, 4) is 0 Å². The molecule has 262 valence electrons. The lowest BCUT2D eigenvalue weighted by molar-refractivity contribution is -0.125. The van der Waals surface area contributed by atoms with Gasteiger partial charge in [0.15, 0.2) is 0 Å². The van der Waals surface area contributed by atoms with Crippen LogP contribution in [0.25, 0.3) is 0 Å². The number of amides is 2. The monoisotopic (exact) mass is 657 g/mol. The minimum absolute atomic E-state index is 0.0122. The van der Waals surface area contributed by atoms with Gasteiger partial charge in [0.25, 0.3) is 0 Å². The molecule has 2 heterocycles. The number of allylic oxidation sites excluding steroid dienone is 1. The summed E-state index contributed by atoms with van der Waals surface area (Å²) in [5.74, 6) is 3.12. The zero-order chi connectivity index (χ0) is 33.5. The quantitative estimate of drug-likeness (QED) is 0.330. The Labute approximate surface area is 288 Å². The minimum Gasteiger partial charge on any atom is -0.393 e. The summed E-state index contributed by atoms with van der Waals surface area (Å²) in [4.78, 5) is 27.7. The normalized spacial score (nSPS) is 45.9. The summed E-state index contributed by atoms with van der Waals surface area (Å²) < 4.78 is 7.39. The highest BCUT2D eigenvalue weighted by Gasteiger charge is 2.77. The molecule has 0 bridgehead atoms. The fraction of sp³-hybridized carbons (Fsp3) is 0.756. The molecule has 1 aromatic carbocycles. The van der Waals surface area contributed by atoms with Gasteiger partial charge >= 0.3 is 0 Å². The van der Waals surface area contributed by atoms with Crippen LogP contribution in [-0.4, -0.2) is 71.9 Å². The summed E-state index contributed by atoms with van der Waals surface area (Å²) in [6.45, 7) is 12.5. The zero-order valence-corrected chi connectivity index (χ0v) is 29.8. The Morgan fingerprint density at radius 3 is 2.65 bits per heavy atom. The number of carbonyl (C=O) groups excluding carboxylic acids is 2. The molecule has 5 aliphatic carbocycles. The molecule has 0 aromatic heterocycles. The Balaban J connectivity index is 0.907. The summed E-state index contributed by atoms with van der Waals surface area (Å²) >= 11 is 0. The number of likely N-dealkylation sites (tertiary alicyclic amines) is 1. The molecule has 48 heavy (non-hydrogen) atoms. The van der Waals surface area contributed by atoms with Gasteiger partial charge in [-0.15, -0.1) is 0 Å². The van der Waals surface area contributed by atoms with Gasteiger partial charge in [0, 0.05) is 31.6 Å². The Morgan fingerprint density at radius 1 is 1.02 bits per heavy atom. The van der Waals surface area contributed by atoms with Crippen molar-refractivity contribution in [2.45, 2.75) is 122 Å². The third kappa shape index (κ3) is 5.31. The van der Waals surface area contributed by atoms with Crippen LogP contribution in [0, 0.1) is 45.8 Å². The number of ether oxygens (including phenoxy) is 1. The Kier molecular flexibility index (Phi) is 8.20. The van der Waals surface area contributed by atoms with E-state index in [1.165, 1.54) is 38.5 Å². The van der Waals surface area contributed by atoms with Crippen molar-refractivity contribution in [3.63, 3.8) is 0 Å². The van der Waals surface area contributed by atoms with E-state index in [1.807, 2.05) is 30.3 Å². The first kappa shape index (κ1) is 33.0. The summed E-state index contributed by atoms with van der Waals surface area (Å²) in [7, 11) is 0. The van der Waals surface area contributed by atoms with Gasteiger partial charge in [0.2, 0.25) is 11.8 Å². The summed E-state index contributed by atoms with van der Waals surface area (Å²) in [5, 5.41) is 16.3. The molecule has 12 atom stereocenters. The minimum atomic E-state index is -0.141. The first-order chi connectivity index (χ1) is 23.0. The number of aliphatic hydroxyl groups is 1. The number of carbonyl (C=O) groups is 2. The van der Waals surface area contributed by atoms with Gasteiger partial charge in [-0.25, -0.2) is 0 Å². The summed E-state index contributed by atoms with van der Waals surface area (Å²) in [6.07, 6.45) is 14.8. The molecule has 6 fully saturated rings. The van der Waals surface area contributed by atoms with Gasteiger partial charge in [-0.05, 0) is 110 Å². The highest BCUT2D eigenvalue weighted by atomic mass is 16.5. The molecule has 8 rings (SSSR count). The van der Waals surface area contributed by atoms with Crippen LogP contribution in [-0.2, 0) is 20.7 Å². The van der Waals surface area contributed by atoms with Crippen molar-refractivity contribution in [2.24, 2.45) is 45.8 Å². The molecule has 2 saturated heterocycles. The number of fused-ring (bicyclic) bond motifs is 5. The van der Waals surface area contributed by atoms with Crippen LogP contribution in [0.1, 0.15) is 97.5 Å². The number of nitrogens with zero attached hydrogens (tertiary/aromatic N) is 1. The van der Waals surface area contributed by atoms with E-state index >= 15 is 0 Å². The number of benzene rings is 1. The van der Waals surface area contributed by atoms with Crippen LogP contribution in [0.3, 0.4) is 0 Å². The summed E-state index contributed by atoms with van der Waals surface area (Å²) in [5.41, 5.74) is 3.57. The van der Waals surface area contributed by atoms with Gasteiger partial charge in [0.05, 0.1) is 30.8 Å². The predicted octanol–water partition coefficient (Wildman–Crippen LogP) is 5.66. The fourth-order valence-electron chi connectivity index (χ4n) is 13.1. The zero-order valence-electron chi connectivity index (χ0n) is 29.8. The molecule has 2 amide bonds. The molecular formula is C41H59N3O4. The number of nitrogens with one attached hydrogen (secondary N) is 2. The third-order valence-electron chi connectivity index (χ3n) is 15.4. The molecule has 2 unspecified atom stereocenters. The molecule has 2 aliphatic heterocycles. The van der Waals surface area contributed by atoms with E-state index in [0.717, 1.165) is 62.1 Å².